The number of carbonyl (C=O) groups excluding carboxylic acids is 1. The Labute approximate surface area is 359 Å². The van der Waals surface area contributed by atoms with E-state index in [1.165, 1.54) is 68.4 Å². The fourth-order valence-electron chi connectivity index (χ4n) is 4.75. The molecule has 14 nitrogen and oxygen atoms in total. The first kappa shape index (κ1) is 51.7. The van der Waals surface area contributed by atoms with E-state index in [0.717, 1.165) is 42.4 Å². The molecule has 0 fully saturated rings. The molecule has 0 aliphatic rings. The molecular formula is C39H46Cl2F3N4O10PS. The van der Waals surface area contributed by atoms with Crippen molar-refractivity contribution >= 4 is 59.3 Å². The molecule has 1 heterocycles. The van der Waals surface area contributed by atoms with E-state index in [4.69, 9.17) is 53.1 Å². The Morgan fingerprint density at radius 2 is 1.62 bits per heavy atom. The minimum atomic E-state index is -4.52. The van der Waals surface area contributed by atoms with Crippen LogP contribution in [-0.4, -0.2) is 67.6 Å². The van der Waals surface area contributed by atoms with E-state index in [1.807, 2.05) is 30.3 Å². The molecule has 4 rings (SSSR count). The summed E-state index contributed by atoms with van der Waals surface area (Å²) in [6.07, 6.45) is 2.68. The predicted molar refractivity (Wildman–Crippen MR) is 226 cm³/mol. The average molecular weight is 922 g/mol. The number of nitrogens with two attached hydrogens (primary N) is 1. The number of nitro benzene ring substituents is 1. The van der Waals surface area contributed by atoms with Gasteiger partial charge in [-0.1, -0.05) is 92.6 Å². The summed E-state index contributed by atoms with van der Waals surface area (Å²) in [4.78, 5) is 41.3. The lowest BCUT2D eigenvalue weighted by molar-refractivity contribution is -0.385. The lowest BCUT2D eigenvalue weighted by atomic mass is 10.1. The molecule has 4 aromatic rings. The van der Waals surface area contributed by atoms with Crippen molar-refractivity contribution in [1.29, 1.82) is 0 Å². The molecular weight excluding hydrogens is 875 g/mol. The van der Waals surface area contributed by atoms with Crippen molar-refractivity contribution in [1.82, 2.24) is 10.2 Å². The van der Waals surface area contributed by atoms with Gasteiger partial charge in [-0.3, -0.25) is 19.5 Å². The second-order valence-corrected chi connectivity index (χ2v) is 17.2. The Kier molecular flexibility index (Phi) is 22.4. The molecule has 1 aromatic heterocycles. The van der Waals surface area contributed by atoms with Crippen LogP contribution in [0.2, 0.25) is 10.2 Å². The van der Waals surface area contributed by atoms with Crippen molar-refractivity contribution in [2.24, 2.45) is 5.73 Å². The van der Waals surface area contributed by atoms with Gasteiger partial charge in [-0.2, -0.15) is 13.2 Å². The number of hydrogen-bond acceptors (Lipinski definition) is 12. The van der Waals surface area contributed by atoms with Crippen LogP contribution in [0.25, 0.3) is 11.3 Å². The molecule has 0 radical (unpaired) electrons. The van der Waals surface area contributed by atoms with Crippen LogP contribution in [0.3, 0.4) is 0 Å². The maximum Gasteiger partial charge on any atom is 0.416 e. The zero-order chi connectivity index (χ0) is 44.9. The molecule has 0 spiro atoms. The molecule has 21 heteroatoms. The Bertz CT molecular complexity index is 2050. The van der Waals surface area contributed by atoms with E-state index in [0.29, 0.717) is 11.4 Å². The number of carboxylic acids is 1. The topological polar surface area (TPSA) is 214 Å². The van der Waals surface area contributed by atoms with E-state index in [2.05, 4.69) is 17.1 Å². The lowest BCUT2D eigenvalue weighted by Crippen LogP contribution is -2.30. The van der Waals surface area contributed by atoms with E-state index in [1.54, 1.807) is 6.92 Å². The number of benzene rings is 3. The number of carboxylic acid groups (broad SMARTS) is 1. The summed E-state index contributed by atoms with van der Waals surface area (Å²) in [5.41, 5.74) is 5.28. The Hall–Kier alpha value is -4.45. The molecule has 0 bridgehead atoms. The highest BCUT2D eigenvalue weighted by atomic mass is 35.5. The van der Waals surface area contributed by atoms with Crippen LogP contribution >= 0.6 is 42.3 Å². The molecule has 0 amide bonds. The standard InChI is InChI=1S/C19H23ClN2O2S.C15H11ClF3NO4.C5H12NO4P/c1-2-3-4-5-6-10-13-25-19(23)24-16-14-17(20)21-22-18(16)15-11-8-7-9-12-15;1-2-23-14-8-10(4-5-12(14)20(21)22)24-13-6-3-9(7-11(13)16)15(17,18)19;1-11(9,10)3-2-4(6)5(7)8/h7-9,11-12,14H,2-6,10,13H2,1H3;3-8H,2H2,1H3;4H,2-3,6H2,1H3,(H,7,8)(H,9,10). The van der Waals surface area contributed by atoms with Gasteiger partial charge in [0, 0.05) is 42.3 Å². The Morgan fingerprint density at radius 1 is 0.950 bits per heavy atom. The Morgan fingerprint density at radius 3 is 2.20 bits per heavy atom. The minimum absolute atomic E-state index is 0.0111. The smallest absolute Gasteiger partial charge is 0.416 e. The van der Waals surface area contributed by atoms with Crippen LogP contribution in [0.5, 0.6) is 23.0 Å². The normalized spacial score (nSPS) is 12.4. The number of rotatable bonds is 18. The van der Waals surface area contributed by atoms with E-state index < -0.39 is 36.0 Å². The van der Waals surface area contributed by atoms with Crippen molar-refractivity contribution in [2.75, 3.05) is 25.2 Å². The van der Waals surface area contributed by atoms with Gasteiger partial charge in [0.25, 0.3) is 0 Å². The second kappa shape index (κ2) is 26.0. The number of nitro groups is 1. The van der Waals surface area contributed by atoms with Crippen molar-refractivity contribution in [2.45, 2.75) is 71.0 Å². The molecule has 0 aliphatic carbocycles. The number of unbranched alkanes of at least 4 members (excludes halogenated alkanes) is 5. The van der Waals surface area contributed by atoms with Gasteiger partial charge in [-0.05, 0) is 55.8 Å². The lowest BCUT2D eigenvalue weighted by Gasteiger charge is -2.12. The number of aliphatic carboxylic acids is 1. The first-order valence-electron chi connectivity index (χ1n) is 18.4. The molecule has 0 saturated heterocycles. The number of thioether (sulfide) groups is 1. The van der Waals surface area contributed by atoms with E-state index >= 15 is 0 Å². The molecule has 3 aromatic carbocycles. The van der Waals surface area contributed by atoms with Gasteiger partial charge in [-0.25, -0.2) is 4.79 Å². The van der Waals surface area contributed by atoms with Gasteiger partial charge in [0.15, 0.2) is 18.3 Å². The molecule has 328 valence electrons. The molecule has 0 aliphatic heterocycles. The highest BCUT2D eigenvalue weighted by Crippen LogP contribution is 2.39. The number of hydrogen-bond donors (Lipinski definition) is 3. The highest BCUT2D eigenvalue weighted by Gasteiger charge is 2.31. The maximum absolute atomic E-state index is 12.6. The summed E-state index contributed by atoms with van der Waals surface area (Å²) in [7, 11) is -3.10. The zero-order valence-electron chi connectivity index (χ0n) is 32.9. The third-order valence-electron chi connectivity index (χ3n) is 7.77. The monoisotopic (exact) mass is 920 g/mol. The van der Waals surface area contributed by atoms with Crippen LogP contribution in [0.4, 0.5) is 23.7 Å². The van der Waals surface area contributed by atoms with Crippen LogP contribution in [-0.2, 0) is 15.5 Å². The van der Waals surface area contributed by atoms with Crippen molar-refractivity contribution < 1.29 is 56.5 Å². The number of ether oxygens (including phenoxy) is 3. The second-order valence-electron chi connectivity index (χ2n) is 12.8. The highest BCUT2D eigenvalue weighted by molar-refractivity contribution is 8.13. The molecule has 2 atom stereocenters. The number of nitrogens with zero attached hydrogens (tertiary/aromatic N) is 3. The number of halogens is 5. The maximum atomic E-state index is 12.6. The van der Waals surface area contributed by atoms with Crippen LogP contribution in [0.1, 0.15) is 64.4 Å². The summed E-state index contributed by atoms with van der Waals surface area (Å²) >= 11 is 12.9. The van der Waals surface area contributed by atoms with E-state index in [9.17, 15) is 37.4 Å². The zero-order valence-corrected chi connectivity index (χ0v) is 36.1. The average Bonchev–Trinajstić information content (AvgIpc) is 3.17. The van der Waals surface area contributed by atoms with Crippen molar-refractivity contribution in [3.05, 3.63) is 98.6 Å². The minimum Gasteiger partial charge on any atom is -0.487 e. The third kappa shape index (κ3) is 19.7. The van der Waals surface area contributed by atoms with Gasteiger partial charge in [0.05, 0.1) is 22.1 Å². The number of carbonyl (C=O) groups is 2. The molecule has 2 unspecified atom stereocenters. The van der Waals surface area contributed by atoms with E-state index in [-0.39, 0.29) is 57.6 Å². The summed E-state index contributed by atoms with van der Waals surface area (Å²) in [6, 6.07) is 16.4. The number of alkyl halides is 3. The van der Waals surface area contributed by atoms with Gasteiger partial charge in [-0.15, -0.1) is 10.2 Å². The fourth-order valence-corrected chi connectivity index (χ4v) is 6.53. The van der Waals surface area contributed by atoms with Gasteiger partial charge < -0.3 is 29.9 Å². The summed E-state index contributed by atoms with van der Waals surface area (Å²) in [6.45, 7) is 5.24. The SMILES string of the molecule is CCCCCCCCSC(=O)Oc1cc(Cl)nnc1-c1ccccc1.CCOc1cc(Oc2ccc(C(F)(F)F)cc2Cl)ccc1[N+](=O)[O-].CP(=O)(O)CCC(N)C(=O)O. The summed E-state index contributed by atoms with van der Waals surface area (Å²) in [5, 5.41) is 26.7. The van der Waals surface area contributed by atoms with Crippen molar-refractivity contribution in [3.8, 4) is 34.3 Å². The van der Waals surface area contributed by atoms with Crippen molar-refractivity contribution in [3.63, 3.8) is 0 Å². The Balaban J connectivity index is 0.000000334. The third-order valence-corrected chi connectivity index (χ3v) is 10.2. The predicted octanol–water partition coefficient (Wildman–Crippen LogP) is 11.5. The van der Waals surface area contributed by atoms with Gasteiger partial charge in [0.1, 0.15) is 23.2 Å². The number of aromatic nitrogens is 2. The fraction of sp³-hybridized carbons (Fsp3) is 0.385. The first-order valence-corrected chi connectivity index (χ1v) is 22.5. The summed E-state index contributed by atoms with van der Waals surface area (Å²) in [5.74, 6) is 0.0810. The largest absolute Gasteiger partial charge is 0.487 e. The van der Waals surface area contributed by atoms with Gasteiger partial charge >= 0.3 is 23.1 Å². The van der Waals surface area contributed by atoms with Crippen LogP contribution in [0, 0.1) is 10.1 Å². The van der Waals surface area contributed by atoms with Crippen LogP contribution in [0.15, 0.2) is 72.8 Å². The van der Waals surface area contributed by atoms with Gasteiger partial charge in [0.2, 0.25) is 5.75 Å². The summed E-state index contributed by atoms with van der Waals surface area (Å²) < 4.78 is 64.5. The quantitative estimate of drug-likeness (QED) is 0.0278. The first-order chi connectivity index (χ1) is 28.2. The van der Waals surface area contributed by atoms with Crippen LogP contribution < -0.4 is 19.9 Å². The molecule has 60 heavy (non-hydrogen) atoms. The molecule has 4 N–H and O–H groups in total. The molecule has 0 saturated carbocycles.